The van der Waals surface area contributed by atoms with Gasteiger partial charge in [0, 0.05) is 17.8 Å². The maximum atomic E-state index is 4.39. The molecular formula is C14H21N3. The van der Waals surface area contributed by atoms with Crippen LogP contribution in [0.2, 0.25) is 0 Å². The van der Waals surface area contributed by atoms with Crippen molar-refractivity contribution >= 4 is 5.82 Å². The zero-order chi connectivity index (χ0) is 11.5. The minimum Gasteiger partial charge on any atom is -0.370 e. The number of aryl methyl sites for hydroxylation is 1. The molecule has 1 heterocycles. The summed E-state index contributed by atoms with van der Waals surface area (Å²) in [5, 5.41) is 3.52. The van der Waals surface area contributed by atoms with Gasteiger partial charge in [-0.25, -0.2) is 9.97 Å². The maximum Gasteiger partial charge on any atom is 0.132 e. The number of hydrogen-bond donors (Lipinski definition) is 1. The van der Waals surface area contributed by atoms with Crippen LogP contribution in [0.1, 0.15) is 49.8 Å². The molecule has 0 radical (unpaired) electrons. The van der Waals surface area contributed by atoms with Crippen molar-refractivity contribution in [1.82, 2.24) is 9.97 Å². The molecule has 0 amide bonds. The van der Waals surface area contributed by atoms with Gasteiger partial charge in [-0.3, -0.25) is 0 Å². The van der Waals surface area contributed by atoms with Crippen LogP contribution in [0, 0.1) is 5.92 Å². The average molecular weight is 231 g/mol. The Hall–Kier alpha value is -1.12. The molecule has 17 heavy (non-hydrogen) atoms. The highest BCUT2D eigenvalue weighted by Gasteiger charge is 2.18. The summed E-state index contributed by atoms with van der Waals surface area (Å²) in [5.41, 5.74) is 2.64. The number of anilines is 1. The van der Waals surface area contributed by atoms with Crippen molar-refractivity contribution in [2.24, 2.45) is 5.92 Å². The summed E-state index contributed by atoms with van der Waals surface area (Å²) in [6, 6.07) is 0. The highest BCUT2D eigenvalue weighted by atomic mass is 15.0. The van der Waals surface area contributed by atoms with Crippen molar-refractivity contribution in [2.75, 3.05) is 11.9 Å². The second-order valence-corrected chi connectivity index (χ2v) is 5.37. The predicted octanol–water partition coefficient (Wildman–Crippen LogP) is 2.96. The van der Waals surface area contributed by atoms with E-state index in [9.17, 15) is 0 Å². The molecule has 1 aromatic heterocycles. The fraction of sp³-hybridized carbons (Fsp3) is 0.714. The quantitative estimate of drug-likeness (QED) is 0.865. The summed E-state index contributed by atoms with van der Waals surface area (Å²) < 4.78 is 0. The third-order valence-electron chi connectivity index (χ3n) is 4.19. The Kier molecular flexibility index (Phi) is 3.25. The SMILES string of the molecule is c1nc2c(c(NCCC3CCCC3)n1)CCC2. The summed E-state index contributed by atoms with van der Waals surface area (Å²) in [6.45, 7) is 1.08. The fourth-order valence-electron chi connectivity index (χ4n) is 3.21. The second kappa shape index (κ2) is 5.03. The molecule has 0 bridgehead atoms. The van der Waals surface area contributed by atoms with E-state index in [1.807, 2.05) is 0 Å². The maximum absolute atomic E-state index is 4.39. The smallest absolute Gasteiger partial charge is 0.132 e. The van der Waals surface area contributed by atoms with Gasteiger partial charge < -0.3 is 5.32 Å². The number of nitrogens with zero attached hydrogens (tertiary/aromatic N) is 2. The zero-order valence-corrected chi connectivity index (χ0v) is 10.4. The number of rotatable bonds is 4. The molecule has 1 fully saturated rings. The van der Waals surface area contributed by atoms with Gasteiger partial charge in [-0.1, -0.05) is 25.7 Å². The van der Waals surface area contributed by atoms with Gasteiger partial charge in [0.2, 0.25) is 0 Å². The molecule has 2 aliphatic carbocycles. The summed E-state index contributed by atoms with van der Waals surface area (Å²) in [7, 11) is 0. The van der Waals surface area contributed by atoms with E-state index in [4.69, 9.17) is 0 Å². The monoisotopic (exact) mass is 231 g/mol. The fourth-order valence-corrected chi connectivity index (χ4v) is 3.21. The van der Waals surface area contributed by atoms with E-state index in [-0.39, 0.29) is 0 Å². The van der Waals surface area contributed by atoms with Gasteiger partial charge in [0.1, 0.15) is 12.1 Å². The van der Waals surface area contributed by atoms with Crippen LogP contribution in [0.15, 0.2) is 6.33 Å². The molecule has 1 aromatic rings. The first-order chi connectivity index (χ1) is 8.43. The van der Waals surface area contributed by atoms with Gasteiger partial charge in [0.25, 0.3) is 0 Å². The lowest BCUT2D eigenvalue weighted by Gasteiger charge is -2.12. The summed E-state index contributed by atoms with van der Waals surface area (Å²) in [4.78, 5) is 8.75. The molecule has 3 nitrogen and oxygen atoms in total. The topological polar surface area (TPSA) is 37.8 Å². The van der Waals surface area contributed by atoms with E-state index in [1.54, 1.807) is 6.33 Å². The van der Waals surface area contributed by atoms with Crippen molar-refractivity contribution < 1.29 is 0 Å². The van der Waals surface area contributed by atoms with Crippen molar-refractivity contribution in [1.29, 1.82) is 0 Å². The Morgan fingerprint density at radius 3 is 2.88 bits per heavy atom. The molecule has 0 aliphatic heterocycles. The highest BCUT2D eigenvalue weighted by molar-refractivity contribution is 5.47. The van der Waals surface area contributed by atoms with Crippen molar-refractivity contribution in [2.45, 2.75) is 51.4 Å². The summed E-state index contributed by atoms with van der Waals surface area (Å²) in [5.74, 6) is 2.06. The Morgan fingerprint density at radius 1 is 1.12 bits per heavy atom. The van der Waals surface area contributed by atoms with Gasteiger partial charge in [0.15, 0.2) is 0 Å². The van der Waals surface area contributed by atoms with Crippen LogP contribution in [-0.2, 0) is 12.8 Å². The van der Waals surface area contributed by atoms with Gasteiger partial charge >= 0.3 is 0 Å². The molecule has 1 saturated carbocycles. The van der Waals surface area contributed by atoms with E-state index in [0.717, 1.165) is 31.1 Å². The van der Waals surface area contributed by atoms with E-state index in [1.165, 1.54) is 49.8 Å². The molecule has 0 unspecified atom stereocenters. The molecule has 0 saturated heterocycles. The molecule has 1 N–H and O–H groups in total. The van der Waals surface area contributed by atoms with E-state index >= 15 is 0 Å². The standard InChI is InChI=1S/C14H21N3/c1-2-5-11(4-1)8-9-15-14-12-6-3-7-13(12)16-10-17-14/h10-11H,1-9H2,(H,15,16,17). The van der Waals surface area contributed by atoms with Crippen LogP contribution in [0.3, 0.4) is 0 Å². The van der Waals surface area contributed by atoms with E-state index in [0.29, 0.717) is 0 Å². The zero-order valence-electron chi connectivity index (χ0n) is 10.4. The van der Waals surface area contributed by atoms with Gasteiger partial charge in [-0.05, 0) is 31.6 Å². The van der Waals surface area contributed by atoms with E-state index in [2.05, 4.69) is 15.3 Å². The minimum atomic E-state index is 0.956. The predicted molar refractivity (Wildman–Crippen MR) is 69.1 cm³/mol. The Bertz CT molecular complexity index is 383. The molecule has 3 heteroatoms. The van der Waals surface area contributed by atoms with Crippen LogP contribution in [-0.4, -0.2) is 16.5 Å². The first-order valence-corrected chi connectivity index (χ1v) is 7.00. The first-order valence-electron chi connectivity index (χ1n) is 7.00. The summed E-state index contributed by atoms with van der Waals surface area (Å²) >= 11 is 0. The number of aromatic nitrogens is 2. The Labute approximate surface area is 103 Å². The van der Waals surface area contributed by atoms with Crippen LogP contribution >= 0.6 is 0 Å². The summed E-state index contributed by atoms with van der Waals surface area (Å²) in [6.07, 6.45) is 12.3. The van der Waals surface area contributed by atoms with E-state index < -0.39 is 0 Å². The van der Waals surface area contributed by atoms with Gasteiger partial charge in [-0.15, -0.1) is 0 Å². The second-order valence-electron chi connectivity index (χ2n) is 5.37. The molecule has 92 valence electrons. The largest absolute Gasteiger partial charge is 0.370 e. The first kappa shape index (κ1) is 11.0. The Morgan fingerprint density at radius 2 is 2.00 bits per heavy atom. The van der Waals surface area contributed by atoms with Gasteiger partial charge in [0.05, 0.1) is 0 Å². The van der Waals surface area contributed by atoms with Crippen LogP contribution in [0.5, 0.6) is 0 Å². The van der Waals surface area contributed by atoms with Crippen LogP contribution < -0.4 is 5.32 Å². The van der Waals surface area contributed by atoms with Gasteiger partial charge in [-0.2, -0.15) is 0 Å². The number of hydrogen-bond acceptors (Lipinski definition) is 3. The third-order valence-corrected chi connectivity index (χ3v) is 4.19. The minimum absolute atomic E-state index is 0.956. The molecular weight excluding hydrogens is 210 g/mol. The molecule has 0 spiro atoms. The lowest BCUT2D eigenvalue weighted by Crippen LogP contribution is -2.10. The number of fused-ring (bicyclic) bond motifs is 1. The molecule has 0 atom stereocenters. The Balaban J connectivity index is 1.56. The number of nitrogens with one attached hydrogen (secondary N) is 1. The third kappa shape index (κ3) is 2.43. The lowest BCUT2D eigenvalue weighted by atomic mass is 10.0. The van der Waals surface area contributed by atoms with Crippen molar-refractivity contribution in [3.63, 3.8) is 0 Å². The van der Waals surface area contributed by atoms with Crippen LogP contribution in [0.25, 0.3) is 0 Å². The lowest BCUT2D eigenvalue weighted by molar-refractivity contribution is 0.518. The van der Waals surface area contributed by atoms with Crippen molar-refractivity contribution in [3.8, 4) is 0 Å². The molecule has 3 rings (SSSR count). The normalized spacial score (nSPS) is 19.5. The highest BCUT2D eigenvalue weighted by Crippen LogP contribution is 2.28. The molecule has 0 aromatic carbocycles. The van der Waals surface area contributed by atoms with Crippen LogP contribution in [0.4, 0.5) is 5.82 Å². The average Bonchev–Trinajstić information content (AvgIpc) is 2.99. The van der Waals surface area contributed by atoms with Crippen molar-refractivity contribution in [3.05, 3.63) is 17.6 Å². The molecule has 2 aliphatic rings.